The number of rotatable bonds is 10. The number of ether oxygens (including phenoxy) is 1. The van der Waals surface area contributed by atoms with E-state index < -0.39 is 22.0 Å². The predicted molar refractivity (Wildman–Crippen MR) is 111 cm³/mol. The maximum Gasteiger partial charge on any atom is 0.318 e. The smallest absolute Gasteiger partial charge is 0.318 e. The molecule has 154 valence electrons. The molecule has 3 amide bonds. The molecular weight excluding hydrogens is 382 g/mol. The van der Waals surface area contributed by atoms with Crippen LogP contribution < -0.4 is 15.4 Å². The predicted octanol–water partition coefficient (Wildman–Crippen LogP) is 2.04. The second-order valence-corrected chi connectivity index (χ2v) is 6.75. The number of allylic oxidation sites excluding steroid dienone is 7. The summed E-state index contributed by atoms with van der Waals surface area (Å²) in [6.45, 7) is 7.16. The van der Waals surface area contributed by atoms with E-state index in [-0.39, 0.29) is 17.9 Å². The molecular formula is C19H27N3O5S. The van der Waals surface area contributed by atoms with E-state index in [9.17, 15) is 18.0 Å². The van der Waals surface area contributed by atoms with Crippen molar-refractivity contribution in [3.8, 4) is 0 Å². The number of urea groups is 1. The van der Waals surface area contributed by atoms with Crippen LogP contribution in [0.1, 0.15) is 13.8 Å². The first-order valence-corrected chi connectivity index (χ1v) is 9.83. The second-order valence-electron chi connectivity index (χ2n) is 5.19. The molecule has 9 heteroatoms. The Balaban J connectivity index is 5.45. The van der Waals surface area contributed by atoms with Gasteiger partial charge in [-0.1, -0.05) is 24.8 Å². The molecule has 0 bridgehead atoms. The molecule has 28 heavy (non-hydrogen) atoms. The quantitative estimate of drug-likeness (QED) is 0.377. The number of hydrogen-bond acceptors (Lipinski definition) is 5. The lowest BCUT2D eigenvalue weighted by atomic mass is 10.1. The maximum atomic E-state index is 12.5. The average molecular weight is 410 g/mol. The van der Waals surface area contributed by atoms with Gasteiger partial charge in [0.1, 0.15) is 0 Å². The van der Waals surface area contributed by atoms with Crippen molar-refractivity contribution in [2.75, 3.05) is 20.8 Å². The van der Waals surface area contributed by atoms with Crippen LogP contribution in [0.2, 0.25) is 0 Å². The van der Waals surface area contributed by atoms with Crippen LogP contribution in [-0.4, -0.2) is 41.1 Å². The zero-order chi connectivity index (χ0) is 21.6. The van der Waals surface area contributed by atoms with Crippen LogP contribution in [0, 0.1) is 0 Å². The van der Waals surface area contributed by atoms with E-state index in [0.717, 1.165) is 5.41 Å². The summed E-state index contributed by atoms with van der Waals surface area (Å²) < 4.78 is 31.4. The topological polar surface area (TPSA) is 114 Å². The molecule has 8 nitrogen and oxygen atoms in total. The third-order valence-electron chi connectivity index (χ3n) is 3.17. The highest BCUT2D eigenvalue weighted by Gasteiger charge is 2.18. The number of carbonyl (C=O) groups excluding carboxylic acids is 2. The summed E-state index contributed by atoms with van der Waals surface area (Å²) in [5.41, 5.74) is 0.992. The lowest BCUT2D eigenvalue weighted by Crippen LogP contribution is -2.31. The number of hydrogen-bond donors (Lipinski definition) is 3. The Hall–Kier alpha value is -2.91. The van der Waals surface area contributed by atoms with Crippen molar-refractivity contribution < 1.29 is 22.7 Å². The molecule has 0 atom stereocenters. The number of nitrogens with one attached hydrogen (secondary N) is 3. The number of methoxy groups -OCH3 is 1. The van der Waals surface area contributed by atoms with Crippen molar-refractivity contribution in [2.45, 2.75) is 13.8 Å². The van der Waals surface area contributed by atoms with Gasteiger partial charge in [-0.05, 0) is 43.7 Å². The average Bonchev–Trinajstić information content (AvgIpc) is 2.65. The van der Waals surface area contributed by atoms with E-state index in [1.54, 1.807) is 32.1 Å². The number of carbonyl (C=O) groups is 2. The fraction of sp³-hybridized carbons (Fsp3) is 0.263. The van der Waals surface area contributed by atoms with Gasteiger partial charge in [-0.15, -0.1) is 0 Å². The fourth-order valence-electron chi connectivity index (χ4n) is 1.81. The van der Waals surface area contributed by atoms with E-state index in [1.807, 2.05) is 4.72 Å². The standard InChI is InChI=1S/C19H27N3O5S/c1-6-9-12-17(15(7-2)14-27-5)18(23)22-28(25,26)13-10-11-16(8-3)21-19(24)20-4/h6-13H,3,14H2,1-2,4-5H3,(H,22,23)(H2,20,21,24)/b9-6-,13-10+,15-7-,16-11+,17-12+. The molecule has 0 aromatic rings. The molecule has 0 fully saturated rings. The summed E-state index contributed by atoms with van der Waals surface area (Å²) in [6.07, 6.45) is 10.3. The van der Waals surface area contributed by atoms with Crippen LogP contribution in [0.15, 0.2) is 71.4 Å². The molecule has 0 unspecified atom stereocenters. The SMILES string of the molecule is C=C/C(=C\C=C\S(=O)(=O)NC(=O)C(=C/C=C\C)/C(=C\C)COC)NC(=O)NC. The van der Waals surface area contributed by atoms with E-state index in [2.05, 4.69) is 17.2 Å². The molecule has 0 saturated carbocycles. The number of sulfonamides is 1. The Morgan fingerprint density at radius 2 is 1.82 bits per heavy atom. The minimum Gasteiger partial charge on any atom is -0.380 e. The fourth-order valence-corrected chi connectivity index (χ4v) is 2.53. The van der Waals surface area contributed by atoms with Gasteiger partial charge in [0.2, 0.25) is 0 Å². The first-order valence-electron chi connectivity index (χ1n) is 8.28. The molecule has 0 heterocycles. The van der Waals surface area contributed by atoms with Gasteiger partial charge in [0.25, 0.3) is 15.9 Å². The minimum atomic E-state index is -4.07. The van der Waals surface area contributed by atoms with E-state index in [0.29, 0.717) is 5.57 Å². The molecule has 0 aliphatic rings. The van der Waals surface area contributed by atoms with Crippen LogP contribution in [0.4, 0.5) is 4.79 Å². The van der Waals surface area contributed by atoms with Crippen molar-refractivity contribution in [1.82, 2.24) is 15.4 Å². The highest BCUT2D eigenvalue weighted by atomic mass is 32.2. The number of amides is 3. The summed E-state index contributed by atoms with van der Waals surface area (Å²) in [6, 6.07) is -0.480. The van der Waals surface area contributed by atoms with Gasteiger partial charge < -0.3 is 15.4 Å². The van der Waals surface area contributed by atoms with Crippen molar-refractivity contribution in [1.29, 1.82) is 0 Å². The Morgan fingerprint density at radius 3 is 2.32 bits per heavy atom. The third-order valence-corrected chi connectivity index (χ3v) is 4.15. The molecule has 0 aliphatic heterocycles. The molecule has 0 aliphatic carbocycles. The largest absolute Gasteiger partial charge is 0.380 e. The summed E-state index contributed by atoms with van der Waals surface area (Å²) in [7, 11) is -1.15. The van der Waals surface area contributed by atoms with Crippen LogP contribution >= 0.6 is 0 Å². The van der Waals surface area contributed by atoms with E-state index in [1.165, 1.54) is 38.5 Å². The minimum absolute atomic E-state index is 0.153. The summed E-state index contributed by atoms with van der Waals surface area (Å²) in [5.74, 6) is -0.788. The Morgan fingerprint density at radius 1 is 1.14 bits per heavy atom. The Kier molecular flexibility index (Phi) is 11.9. The molecule has 3 N–H and O–H groups in total. The van der Waals surface area contributed by atoms with Gasteiger partial charge in [-0.25, -0.2) is 17.9 Å². The van der Waals surface area contributed by atoms with E-state index in [4.69, 9.17) is 4.74 Å². The first-order chi connectivity index (χ1) is 13.2. The van der Waals surface area contributed by atoms with Gasteiger partial charge in [0.05, 0.1) is 12.0 Å². The van der Waals surface area contributed by atoms with Crippen molar-refractivity contribution in [3.05, 3.63) is 71.4 Å². The van der Waals surface area contributed by atoms with Crippen LogP contribution in [0.5, 0.6) is 0 Å². The maximum absolute atomic E-state index is 12.5. The Labute approximate surface area is 166 Å². The third kappa shape index (κ3) is 9.70. The zero-order valence-electron chi connectivity index (χ0n) is 16.5. The molecule has 0 radical (unpaired) electrons. The van der Waals surface area contributed by atoms with Crippen molar-refractivity contribution in [3.63, 3.8) is 0 Å². The monoisotopic (exact) mass is 409 g/mol. The van der Waals surface area contributed by atoms with Crippen LogP contribution in [-0.2, 0) is 19.6 Å². The van der Waals surface area contributed by atoms with Crippen molar-refractivity contribution in [2.24, 2.45) is 0 Å². The lowest BCUT2D eigenvalue weighted by Gasteiger charge is -2.10. The normalized spacial score (nSPS) is 13.6. The highest BCUT2D eigenvalue weighted by Crippen LogP contribution is 2.12. The molecule has 0 aromatic heterocycles. The van der Waals surface area contributed by atoms with Crippen molar-refractivity contribution >= 4 is 22.0 Å². The summed E-state index contributed by atoms with van der Waals surface area (Å²) in [5, 5.41) is 5.60. The molecule has 0 aromatic carbocycles. The Bertz CT molecular complexity index is 819. The molecule has 0 saturated heterocycles. The second kappa shape index (κ2) is 13.3. The van der Waals surface area contributed by atoms with Gasteiger partial charge in [-0.2, -0.15) is 0 Å². The summed E-state index contributed by atoms with van der Waals surface area (Å²) in [4.78, 5) is 23.7. The lowest BCUT2D eigenvalue weighted by molar-refractivity contribution is -0.115. The van der Waals surface area contributed by atoms with Gasteiger partial charge in [0, 0.05) is 25.4 Å². The first kappa shape index (κ1) is 25.1. The van der Waals surface area contributed by atoms with E-state index >= 15 is 0 Å². The van der Waals surface area contributed by atoms with Crippen LogP contribution in [0.3, 0.4) is 0 Å². The van der Waals surface area contributed by atoms with Gasteiger partial charge >= 0.3 is 6.03 Å². The van der Waals surface area contributed by atoms with Gasteiger partial charge in [-0.3, -0.25) is 4.79 Å². The van der Waals surface area contributed by atoms with Crippen LogP contribution in [0.25, 0.3) is 0 Å². The van der Waals surface area contributed by atoms with Gasteiger partial charge in [0.15, 0.2) is 0 Å². The summed E-state index contributed by atoms with van der Waals surface area (Å²) >= 11 is 0. The highest BCUT2D eigenvalue weighted by molar-refractivity contribution is 7.92. The molecule has 0 rings (SSSR count). The molecule has 0 spiro atoms. The zero-order valence-corrected chi connectivity index (χ0v) is 17.3.